The van der Waals surface area contributed by atoms with Crippen LogP contribution in [0.15, 0.2) is 55.0 Å². The first-order valence-electron chi connectivity index (χ1n) is 8.35. The molecule has 0 saturated carbocycles. The number of halogens is 1. The van der Waals surface area contributed by atoms with E-state index in [0.29, 0.717) is 23.6 Å². The van der Waals surface area contributed by atoms with Crippen molar-refractivity contribution >= 4 is 5.91 Å². The van der Waals surface area contributed by atoms with E-state index in [4.69, 9.17) is 0 Å². The summed E-state index contributed by atoms with van der Waals surface area (Å²) in [6.45, 7) is 2.76. The molecule has 3 rings (SSSR count). The lowest BCUT2D eigenvalue weighted by atomic mass is 10.2. The molecule has 6 heteroatoms. The molecule has 2 aromatic heterocycles. The molecule has 0 fully saturated rings. The number of hydrogen-bond acceptors (Lipinski definition) is 2. The number of amides is 1. The second kappa shape index (κ2) is 7.34. The van der Waals surface area contributed by atoms with E-state index in [0.717, 1.165) is 12.8 Å². The molecule has 0 radical (unpaired) electrons. The zero-order valence-electron chi connectivity index (χ0n) is 14.4. The van der Waals surface area contributed by atoms with Gasteiger partial charge in [-0.05, 0) is 30.7 Å². The van der Waals surface area contributed by atoms with Gasteiger partial charge in [0.15, 0.2) is 5.82 Å². The highest BCUT2D eigenvalue weighted by Crippen LogP contribution is 2.22. The molecule has 1 aromatic carbocycles. The predicted molar refractivity (Wildman–Crippen MR) is 94.7 cm³/mol. The quantitative estimate of drug-likeness (QED) is 0.687. The number of aromatic nitrogens is 3. The van der Waals surface area contributed by atoms with Crippen LogP contribution in [0.2, 0.25) is 0 Å². The van der Waals surface area contributed by atoms with Crippen LogP contribution in [-0.2, 0) is 0 Å². The standard InChI is InChI=1S/C19H21FN4O/c1-3-4-11-22(2)19(25)15-14-21-24(17-10-6-5-9-16(17)20)18(15)23-12-7-8-13-23/h5-10,12-14H,3-4,11H2,1-2H3. The Kier molecular flexibility index (Phi) is 4.97. The van der Waals surface area contributed by atoms with E-state index in [9.17, 15) is 9.18 Å². The third-order valence-corrected chi connectivity index (χ3v) is 4.10. The van der Waals surface area contributed by atoms with Crippen LogP contribution in [0.1, 0.15) is 30.1 Å². The summed E-state index contributed by atoms with van der Waals surface area (Å²) in [5.41, 5.74) is 0.750. The van der Waals surface area contributed by atoms with Crippen molar-refractivity contribution in [2.45, 2.75) is 19.8 Å². The predicted octanol–water partition coefficient (Wildman–Crippen LogP) is 3.67. The lowest BCUT2D eigenvalue weighted by Gasteiger charge is -2.17. The van der Waals surface area contributed by atoms with Crippen molar-refractivity contribution in [2.24, 2.45) is 0 Å². The highest BCUT2D eigenvalue weighted by molar-refractivity contribution is 5.97. The molecular formula is C19H21FN4O. The number of para-hydroxylation sites is 1. The third-order valence-electron chi connectivity index (χ3n) is 4.10. The van der Waals surface area contributed by atoms with Crippen molar-refractivity contribution < 1.29 is 9.18 Å². The van der Waals surface area contributed by atoms with Crippen molar-refractivity contribution in [2.75, 3.05) is 13.6 Å². The number of benzene rings is 1. The Morgan fingerprint density at radius 2 is 1.92 bits per heavy atom. The summed E-state index contributed by atoms with van der Waals surface area (Å²) in [4.78, 5) is 14.5. The normalized spacial score (nSPS) is 10.8. The lowest BCUT2D eigenvalue weighted by molar-refractivity contribution is 0.0793. The van der Waals surface area contributed by atoms with Crippen LogP contribution in [0.5, 0.6) is 0 Å². The van der Waals surface area contributed by atoms with Gasteiger partial charge in [0.2, 0.25) is 0 Å². The van der Waals surface area contributed by atoms with Gasteiger partial charge in [0.25, 0.3) is 5.91 Å². The van der Waals surface area contributed by atoms with Crippen LogP contribution in [0.3, 0.4) is 0 Å². The Labute approximate surface area is 146 Å². The van der Waals surface area contributed by atoms with Gasteiger partial charge in [0.05, 0.1) is 6.20 Å². The Balaban J connectivity index is 2.09. The van der Waals surface area contributed by atoms with E-state index in [1.165, 1.54) is 16.9 Å². The summed E-state index contributed by atoms with van der Waals surface area (Å²) in [6.07, 6.45) is 7.08. The first-order chi connectivity index (χ1) is 12.1. The van der Waals surface area contributed by atoms with E-state index < -0.39 is 5.82 Å². The summed E-state index contributed by atoms with van der Waals surface area (Å²) >= 11 is 0. The Hall–Kier alpha value is -2.89. The SMILES string of the molecule is CCCCN(C)C(=O)c1cnn(-c2ccccc2F)c1-n1cccc1. The maximum atomic E-state index is 14.3. The monoisotopic (exact) mass is 340 g/mol. The Morgan fingerprint density at radius 3 is 2.60 bits per heavy atom. The molecule has 0 aliphatic heterocycles. The van der Waals surface area contributed by atoms with Crippen LogP contribution in [0.4, 0.5) is 4.39 Å². The second-order valence-corrected chi connectivity index (χ2v) is 5.92. The van der Waals surface area contributed by atoms with Crippen LogP contribution < -0.4 is 0 Å². The fourth-order valence-corrected chi connectivity index (χ4v) is 2.72. The van der Waals surface area contributed by atoms with Crippen molar-refractivity contribution in [3.63, 3.8) is 0 Å². The summed E-state index contributed by atoms with van der Waals surface area (Å²) in [5, 5.41) is 4.30. The summed E-state index contributed by atoms with van der Waals surface area (Å²) in [6, 6.07) is 10.1. The van der Waals surface area contributed by atoms with E-state index in [-0.39, 0.29) is 5.91 Å². The molecular weight excluding hydrogens is 319 g/mol. The zero-order valence-corrected chi connectivity index (χ0v) is 14.4. The minimum atomic E-state index is -0.391. The molecule has 2 heterocycles. The first-order valence-corrected chi connectivity index (χ1v) is 8.35. The maximum absolute atomic E-state index is 14.3. The van der Waals surface area contributed by atoms with E-state index in [1.54, 1.807) is 34.7 Å². The van der Waals surface area contributed by atoms with Gasteiger partial charge < -0.3 is 9.47 Å². The summed E-state index contributed by atoms with van der Waals surface area (Å²) in [5.74, 6) is 0.0144. The van der Waals surface area contributed by atoms with E-state index in [1.807, 2.05) is 24.5 Å². The smallest absolute Gasteiger partial charge is 0.259 e. The Bertz CT molecular complexity index is 854. The summed E-state index contributed by atoms with van der Waals surface area (Å²) in [7, 11) is 1.78. The van der Waals surface area contributed by atoms with Crippen molar-refractivity contribution in [1.29, 1.82) is 0 Å². The number of unbranched alkanes of at least 4 members (excludes halogenated alkanes) is 1. The van der Waals surface area contributed by atoms with Crippen LogP contribution in [-0.4, -0.2) is 38.7 Å². The number of carbonyl (C=O) groups is 1. The van der Waals surface area contributed by atoms with Gasteiger partial charge in [-0.3, -0.25) is 4.79 Å². The molecule has 0 saturated heterocycles. The molecule has 25 heavy (non-hydrogen) atoms. The molecule has 0 spiro atoms. The fraction of sp³-hybridized carbons (Fsp3) is 0.263. The van der Waals surface area contributed by atoms with Gasteiger partial charge in [0, 0.05) is 26.0 Å². The molecule has 0 bridgehead atoms. The molecule has 0 aliphatic carbocycles. The maximum Gasteiger partial charge on any atom is 0.259 e. The molecule has 3 aromatic rings. The van der Waals surface area contributed by atoms with Gasteiger partial charge in [-0.1, -0.05) is 25.5 Å². The highest BCUT2D eigenvalue weighted by atomic mass is 19.1. The third kappa shape index (κ3) is 3.33. The highest BCUT2D eigenvalue weighted by Gasteiger charge is 2.23. The van der Waals surface area contributed by atoms with Gasteiger partial charge in [-0.25, -0.2) is 9.07 Å². The minimum Gasteiger partial charge on any atom is -0.342 e. The lowest BCUT2D eigenvalue weighted by Crippen LogP contribution is -2.28. The molecule has 0 N–H and O–H groups in total. The molecule has 0 unspecified atom stereocenters. The van der Waals surface area contributed by atoms with E-state index >= 15 is 0 Å². The fourth-order valence-electron chi connectivity index (χ4n) is 2.72. The minimum absolute atomic E-state index is 0.125. The topological polar surface area (TPSA) is 43.1 Å². The van der Waals surface area contributed by atoms with E-state index in [2.05, 4.69) is 12.0 Å². The van der Waals surface area contributed by atoms with Crippen molar-refractivity contribution in [3.8, 4) is 11.5 Å². The number of rotatable bonds is 6. The molecule has 0 aliphatic rings. The molecule has 1 amide bonds. The van der Waals surface area contributed by atoms with Gasteiger partial charge in [-0.2, -0.15) is 5.10 Å². The zero-order chi connectivity index (χ0) is 17.8. The molecule has 130 valence electrons. The molecule has 0 atom stereocenters. The van der Waals surface area contributed by atoms with Gasteiger partial charge >= 0.3 is 0 Å². The summed E-state index contributed by atoms with van der Waals surface area (Å²) < 4.78 is 17.5. The number of carbonyl (C=O) groups excluding carboxylic acids is 1. The van der Waals surface area contributed by atoms with Crippen molar-refractivity contribution in [1.82, 2.24) is 19.2 Å². The average molecular weight is 340 g/mol. The average Bonchev–Trinajstić information content (AvgIpc) is 3.28. The van der Waals surface area contributed by atoms with Crippen LogP contribution >= 0.6 is 0 Å². The molecule has 5 nitrogen and oxygen atoms in total. The first kappa shape index (κ1) is 17.0. The second-order valence-electron chi connectivity index (χ2n) is 5.92. The van der Waals surface area contributed by atoms with Gasteiger partial charge in [-0.15, -0.1) is 0 Å². The number of hydrogen-bond donors (Lipinski definition) is 0. The largest absolute Gasteiger partial charge is 0.342 e. The van der Waals surface area contributed by atoms with Crippen LogP contribution in [0, 0.1) is 5.82 Å². The number of nitrogens with zero attached hydrogens (tertiary/aromatic N) is 4. The van der Waals surface area contributed by atoms with Crippen LogP contribution in [0.25, 0.3) is 11.5 Å². The van der Waals surface area contributed by atoms with Gasteiger partial charge in [0.1, 0.15) is 17.1 Å². The van der Waals surface area contributed by atoms with Crippen molar-refractivity contribution in [3.05, 3.63) is 66.4 Å². The Morgan fingerprint density at radius 1 is 1.20 bits per heavy atom.